The quantitative estimate of drug-likeness (QED) is 0.664. The number of halogens is 4. The van der Waals surface area contributed by atoms with E-state index in [-0.39, 0.29) is 11.4 Å². The standard InChI is InChI=1S/C21H23ClF3N3O3S/c1-2-32(30,31)28-10-8-27(9-11-28)14-15-4-3-5-16(12-15)20(29)26-17-6-7-19(22)18(13-17)21(23,24)25/h3-7,12-13H,2,8-11,14H2,1H3,(H,26,29). The maximum Gasteiger partial charge on any atom is 0.417 e. The molecule has 0 bridgehead atoms. The summed E-state index contributed by atoms with van der Waals surface area (Å²) in [5.41, 5.74) is 0.120. The molecule has 0 aromatic heterocycles. The molecule has 174 valence electrons. The minimum atomic E-state index is -4.63. The Balaban J connectivity index is 1.65. The van der Waals surface area contributed by atoms with Crippen LogP contribution in [0.15, 0.2) is 42.5 Å². The molecule has 0 aliphatic carbocycles. The van der Waals surface area contributed by atoms with Gasteiger partial charge in [-0.15, -0.1) is 0 Å². The fraction of sp³-hybridized carbons (Fsp3) is 0.381. The highest BCUT2D eigenvalue weighted by Crippen LogP contribution is 2.36. The van der Waals surface area contributed by atoms with Crippen LogP contribution in [-0.2, 0) is 22.7 Å². The minimum Gasteiger partial charge on any atom is -0.322 e. The Kier molecular flexibility index (Phi) is 7.49. The number of rotatable bonds is 6. The van der Waals surface area contributed by atoms with Gasteiger partial charge in [0, 0.05) is 44.0 Å². The van der Waals surface area contributed by atoms with Gasteiger partial charge in [0.15, 0.2) is 0 Å². The Morgan fingerprint density at radius 1 is 1.09 bits per heavy atom. The van der Waals surface area contributed by atoms with Crippen molar-refractivity contribution in [2.75, 3.05) is 37.2 Å². The normalized spacial score (nSPS) is 16.2. The van der Waals surface area contributed by atoms with E-state index >= 15 is 0 Å². The Morgan fingerprint density at radius 2 is 1.78 bits per heavy atom. The number of anilines is 1. The zero-order chi connectivity index (χ0) is 23.5. The zero-order valence-electron chi connectivity index (χ0n) is 17.3. The largest absolute Gasteiger partial charge is 0.417 e. The summed E-state index contributed by atoms with van der Waals surface area (Å²) in [6.45, 7) is 4.11. The average molecular weight is 490 g/mol. The third-order valence-corrected chi connectivity index (χ3v) is 7.43. The number of sulfonamides is 1. The molecule has 1 aliphatic heterocycles. The Morgan fingerprint density at radius 3 is 2.41 bits per heavy atom. The van der Waals surface area contributed by atoms with E-state index in [4.69, 9.17) is 11.6 Å². The Labute approximate surface area is 190 Å². The van der Waals surface area contributed by atoms with E-state index in [0.29, 0.717) is 38.3 Å². The lowest BCUT2D eigenvalue weighted by molar-refractivity contribution is -0.137. The zero-order valence-corrected chi connectivity index (χ0v) is 18.9. The van der Waals surface area contributed by atoms with Crippen molar-refractivity contribution in [3.8, 4) is 0 Å². The summed E-state index contributed by atoms with van der Waals surface area (Å²) in [6.07, 6.45) is -4.63. The molecular formula is C21H23ClF3N3O3S. The van der Waals surface area contributed by atoms with E-state index in [9.17, 15) is 26.4 Å². The molecule has 1 heterocycles. The second kappa shape index (κ2) is 9.78. The number of nitrogens with zero attached hydrogens (tertiary/aromatic N) is 2. The van der Waals surface area contributed by atoms with Gasteiger partial charge in [0.2, 0.25) is 10.0 Å². The molecule has 0 saturated carbocycles. The number of benzene rings is 2. The van der Waals surface area contributed by atoms with Crippen molar-refractivity contribution in [3.05, 3.63) is 64.2 Å². The van der Waals surface area contributed by atoms with E-state index in [0.717, 1.165) is 17.7 Å². The van der Waals surface area contributed by atoms with E-state index in [1.807, 2.05) is 6.07 Å². The Bertz CT molecular complexity index is 1090. The number of piperazine rings is 1. The SMILES string of the molecule is CCS(=O)(=O)N1CCN(Cc2cccc(C(=O)Nc3ccc(Cl)c(C(F)(F)F)c3)c2)CC1. The smallest absolute Gasteiger partial charge is 0.322 e. The van der Waals surface area contributed by atoms with Crippen LogP contribution >= 0.6 is 11.6 Å². The van der Waals surface area contributed by atoms with Gasteiger partial charge in [-0.05, 0) is 42.8 Å². The molecule has 6 nitrogen and oxygen atoms in total. The highest BCUT2D eigenvalue weighted by molar-refractivity contribution is 7.89. The van der Waals surface area contributed by atoms with E-state index < -0.39 is 32.7 Å². The lowest BCUT2D eigenvalue weighted by atomic mass is 10.1. The van der Waals surface area contributed by atoms with Crippen LogP contribution in [0.4, 0.5) is 18.9 Å². The third kappa shape index (κ3) is 6.00. The highest BCUT2D eigenvalue weighted by Gasteiger charge is 2.33. The van der Waals surface area contributed by atoms with Crippen LogP contribution in [0, 0.1) is 0 Å². The predicted octanol–water partition coefficient (Wildman–Crippen LogP) is 4.08. The average Bonchev–Trinajstić information content (AvgIpc) is 2.75. The lowest BCUT2D eigenvalue weighted by Gasteiger charge is -2.33. The van der Waals surface area contributed by atoms with Gasteiger partial charge in [0.05, 0.1) is 16.3 Å². The molecule has 0 spiro atoms. The van der Waals surface area contributed by atoms with Gasteiger partial charge < -0.3 is 5.32 Å². The molecule has 2 aromatic carbocycles. The number of nitrogens with one attached hydrogen (secondary N) is 1. The van der Waals surface area contributed by atoms with Crippen molar-refractivity contribution in [2.45, 2.75) is 19.6 Å². The molecule has 0 radical (unpaired) electrons. The molecule has 1 amide bonds. The number of hydrogen-bond acceptors (Lipinski definition) is 4. The topological polar surface area (TPSA) is 69.7 Å². The molecule has 1 N–H and O–H groups in total. The molecule has 1 saturated heterocycles. The second-order valence-electron chi connectivity index (χ2n) is 7.42. The summed E-state index contributed by atoms with van der Waals surface area (Å²) in [5, 5.41) is 2.03. The van der Waals surface area contributed by atoms with Gasteiger partial charge in [0.25, 0.3) is 5.91 Å². The molecular weight excluding hydrogens is 467 g/mol. The van der Waals surface area contributed by atoms with Gasteiger partial charge in [-0.1, -0.05) is 23.7 Å². The fourth-order valence-corrected chi connectivity index (χ4v) is 4.75. The van der Waals surface area contributed by atoms with Crippen molar-refractivity contribution in [1.29, 1.82) is 0 Å². The predicted molar refractivity (Wildman–Crippen MR) is 117 cm³/mol. The van der Waals surface area contributed by atoms with Crippen molar-refractivity contribution in [2.24, 2.45) is 0 Å². The lowest BCUT2D eigenvalue weighted by Crippen LogP contribution is -2.48. The van der Waals surface area contributed by atoms with Crippen molar-refractivity contribution < 1.29 is 26.4 Å². The van der Waals surface area contributed by atoms with Gasteiger partial charge in [-0.2, -0.15) is 17.5 Å². The molecule has 0 unspecified atom stereocenters. The van der Waals surface area contributed by atoms with E-state index in [1.165, 1.54) is 10.4 Å². The number of amides is 1. The maximum absolute atomic E-state index is 13.0. The van der Waals surface area contributed by atoms with Gasteiger partial charge in [0.1, 0.15) is 0 Å². The van der Waals surface area contributed by atoms with Crippen LogP contribution in [0.1, 0.15) is 28.4 Å². The van der Waals surface area contributed by atoms with E-state index in [1.54, 1.807) is 25.1 Å². The molecule has 1 fully saturated rings. The number of carbonyl (C=O) groups excluding carboxylic acids is 1. The number of hydrogen-bond donors (Lipinski definition) is 1. The van der Waals surface area contributed by atoms with Crippen molar-refractivity contribution >= 4 is 33.2 Å². The Hall–Kier alpha value is -2.14. The summed E-state index contributed by atoms with van der Waals surface area (Å²) in [5.74, 6) is -0.469. The third-order valence-electron chi connectivity index (χ3n) is 5.21. The maximum atomic E-state index is 13.0. The first-order valence-electron chi connectivity index (χ1n) is 9.97. The summed E-state index contributed by atoms with van der Waals surface area (Å²) < 4.78 is 64.5. The van der Waals surface area contributed by atoms with Crippen molar-refractivity contribution in [3.63, 3.8) is 0 Å². The fourth-order valence-electron chi connectivity index (χ4n) is 3.44. The number of alkyl halides is 3. The number of carbonyl (C=O) groups is 1. The van der Waals surface area contributed by atoms with Crippen LogP contribution in [0.2, 0.25) is 5.02 Å². The summed E-state index contributed by atoms with van der Waals surface area (Å²) in [4.78, 5) is 14.7. The second-order valence-corrected chi connectivity index (χ2v) is 10.1. The highest BCUT2D eigenvalue weighted by atomic mass is 35.5. The molecule has 3 rings (SSSR count). The minimum absolute atomic E-state index is 0.00890. The summed E-state index contributed by atoms with van der Waals surface area (Å²) >= 11 is 5.62. The van der Waals surface area contributed by atoms with Crippen LogP contribution in [0.25, 0.3) is 0 Å². The monoisotopic (exact) mass is 489 g/mol. The van der Waals surface area contributed by atoms with Gasteiger partial charge >= 0.3 is 6.18 Å². The first-order valence-corrected chi connectivity index (χ1v) is 12.0. The van der Waals surface area contributed by atoms with Crippen LogP contribution in [-0.4, -0.2) is 55.5 Å². The van der Waals surface area contributed by atoms with Crippen molar-refractivity contribution in [1.82, 2.24) is 9.21 Å². The first-order chi connectivity index (χ1) is 15.0. The molecule has 32 heavy (non-hydrogen) atoms. The summed E-state index contributed by atoms with van der Waals surface area (Å²) in [7, 11) is -3.21. The van der Waals surface area contributed by atoms with Gasteiger partial charge in [-0.3, -0.25) is 9.69 Å². The summed E-state index contributed by atoms with van der Waals surface area (Å²) in [6, 6.07) is 9.99. The molecule has 0 atom stereocenters. The molecule has 2 aromatic rings. The van der Waals surface area contributed by atoms with E-state index in [2.05, 4.69) is 10.2 Å². The van der Waals surface area contributed by atoms with Crippen LogP contribution in [0.5, 0.6) is 0 Å². The van der Waals surface area contributed by atoms with Gasteiger partial charge in [-0.25, -0.2) is 8.42 Å². The first kappa shape index (κ1) is 24.5. The molecule has 1 aliphatic rings. The van der Waals surface area contributed by atoms with Crippen LogP contribution < -0.4 is 5.32 Å². The van der Waals surface area contributed by atoms with Crippen LogP contribution in [0.3, 0.4) is 0 Å². The molecule has 11 heteroatoms.